The molecule has 1 amide bonds. The highest BCUT2D eigenvalue weighted by Gasteiger charge is 2.19. The van der Waals surface area contributed by atoms with Gasteiger partial charge in [0.05, 0.1) is 0 Å². The van der Waals surface area contributed by atoms with Crippen LogP contribution in [0.4, 0.5) is 0 Å². The van der Waals surface area contributed by atoms with Gasteiger partial charge in [0.15, 0.2) is 0 Å². The third kappa shape index (κ3) is 4.62. The zero-order chi connectivity index (χ0) is 13.7. The first-order chi connectivity index (χ1) is 9.17. The Hall–Kier alpha value is -0.870. The van der Waals surface area contributed by atoms with Crippen LogP contribution in [0, 0.1) is 0 Å². The van der Waals surface area contributed by atoms with Gasteiger partial charge >= 0.3 is 0 Å². The molecule has 0 aromatic heterocycles. The number of amides is 1. The highest BCUT2D eigenvalue weighted by atomic mass is 79.9. The summed E-state index contributed by atoms with van der Waals surface area (Å²) in [6.07, 6.45) is 2.70. The van der Waals surface area contributed by atoms with Gasteiger partial charge in [0.1, 0.15) is 0 Å². The van der Waals surface area contributed by atoms with Crippen LogP contribution in [0.5, 0.6) is 0 Å². The zero-order valence-corrected chi connectivity index (χ0v) is 12.9. The van der Waals surface area contributed by atoms with Gasteiger partial charge in [-0.05, 0) is 30.5 Å². The number of likely N-dealkylation sites (tertiary alicyclic amines) is 1. The van der Waals surface area contributed by atoms with Gasteiger partial charge in [-0.1, -0.05) is 35.0 Å². The van der Waals surface area contributed by atoms with Crippen LogP contribution in [0.3, 0.4) is 0 Å². The number of rotatable bonds is 4. The molecule has 104 valence electrons. The molecule has 0 aliphatic carbocycles. The molecule has 0 atom stereocenters. The van der Waals surface area contributed by atoms with Gasteiger partial charge in [0.25, 0.3) is 0 Å². The Morgan fingerprint density at radius 2 is 1.95 bits per heavy atom. The lowest BCUT2D eigenvalue weighted by molar-refractivity contribution is -0.121. The highest BCUT2D eigenvalue weighted by molar-refractivity contribution is 9.10. The maximum atomic E-state index is 11.4. The minimum absolute atomic E-state index is 0.173. The van der Waals surface area contributed by atoms with Gasteiger partial charge < -0.3 is 5.32 Å². The topological polar surface area (TPSA) is 32.3 Å². The third-order valence-electron chi connectivity index (χ3n) is 3.59. The van der Waals surface area contributed by atoms with Crippen molar-refractivity contribution in [3.63, 3.8) is 0 Å². The van der Waals surface area contributed by atoms with E-state index in [9.17, 15) is 4.79 Å². The van der Waals surface area contributed by atoms with E-state index >= 15 is 0 Å². The number of halogens is 1. The van der Waals surface area contributed by atoms with Crippen LogP contribution < -0.4 is 5.32 Å². The summed E-state index contributed by atoms with van der Waals surface area (Å²) in [5.41, 5.74) is 1.35. The summed E-state index contributed by atoms with van der Waals surface area (Å²) in [5.74, 6) is 0.173. The summed E-state index contributed by atoms with van der Waals surface area (Å²) in [6, 6.07) is 8.87. The Morgan fingerprint density at radius 1 is 1.32 bits per heavy atom. The predicted octanol–water partition coefficient (Wildman–Crippen LogP) is 2.94. The number of nitrogens with zero attached hydrogens (tertiary/aromatic N) is 1. The molecule has 0 radical (unpaired) electrons. The molecular weight excluding hydrogens is 304 g/mol. The molecule has 1 heterocycles. The smallest absolute Gasteiger partial charge is 0.219 e. The van der Waals surface area contributed by atoms with Gasteiger partial charge in [-0.25, -0.2) is 0 Å². The van der Waals surface area contributed by atoms with Gasteiger partial charge in [-0.15, -0.1) is 0 Å². The van der Waals surface area contributed by atoms with Crippen molar-refractivity contribution in [3.05, 3.63) is 34.3 Å². The van der Waals surface area contributed by atoms with E-state index in [4.69, 9.17) is 0 Å². The second-order valence-electron chi connectivity index (χ2n) is 5.10. The monoisotopic (exact) mass is 324 g/mol. The Bertz CT molecular complexity index is 411. The van der Waals surface area contributed by atoms with E-state index in [1.807, 2.05) is 6.92 Å². The minimum Gasteiger partial charge on any atom is -0.353 e. The average molecular weight is 325 g/mol. The maximum Gasteiger partial charge on any atom is 0.219 e. The van der Waals surface area contributed by atoms with Gasteiger partial charge in [-0.2, -0.15) is 0 Å². The quantitative estimate of drug-likeness (QED) is 0.923. The Kier molecular flexibility index (Phi) is 5.40. The van der Waals surface area contributed by atoms with E-state index in [1.54, 1.807) is 0 Å². The standard InChI is InChI=1S/C15H21BrN2O/c1-2-15(19)17-14-7-9-18(10-8-14)11-12-3-5-13(16)6-4-12/h3-6,14H,2,7-11H2,1H3,(H,17,19). The number of piperidine rings is 1. The summed E-state index contributed by atoms with van der Waals surface area (Å²) >= 11 is 3.45. The van der Waals surface area contributed by atoms with Gasteiger partial charge in [-0.3, -0.25) is 9.69 Å². The average Bonchev–Trinajstić information content (AvgIpc) is 2.43. The number of benzene rings is 1. The number of carbonyl (C=O) groups excluding carboxylic acids is 1. The van der Waals surface area contributed by atoms with Crippen LogP contribution in [0.1, 0.15) is 31.7 Å². The summed E-state index contributed by atoms with van der Waals surface area (Å²) in [7, 11) is 0. The van der Waals surface area contributed by atoms with Crippen molar-refractivity contribution in [2.45, 2.75) is 38.8 Å². The minimum atomic E-state index is 0.173. The van der Waals surface area contributed by atoms with Crippen LogP contribution in [0.15, 0.2) is 28.7 Å². The molecule has 1 aromatic rings. The van der Waals surface area contributed by atoms with Crippen molar-refractivity contribution < 1.29 is 4.79 Å². The maximum absolute atomic E-state index is 11.4. The van der Waals surface area contributed by atoms with Crippen LogP contribution >= 0.6 is 15.9 Å². The molecule has 2 rings (SSSR count). The number of carbonyl (C=O) groups is 1. The number of nitrogens with one attached hydrogen (secondary N) is 1. The van der Waals surface area contributed by atoms with Crippen molar-refractivity contribution in [2.24, 2.45) is 0 Å². The molecular formula is C15H21BrN2O. The predicted molar refractivity (Wildman–Crippen MR) is 80.9 cm³/mol. The lowest BCUT2D eigenvalue weighted by Crippen LogP contribution is -2.44. The van der Waals surface area contributed by atoms with E-state index in [2.05, 4.69) is 50.4 Å². The number of hydrogen-bond donors (Lipinski definition) is 1. The molecule has 3 nitrogen and oxygen atoms in total. The van der Waals surface area contributed by atoms with Crippen molar-refractivity contribution in [2.75, 3.05) is 13.1 Å². The first kappa shape index (κ1) is 14.5. The van der Waals surface area contributed by atoms with Crippen molar-refractivity contribution in [1.82, 2.24) is 10.2 Å². The summed E-state index contributed by atoms with van der Waals surface area (Å²) in [6.45, 7) is 5.02. The summed E-state index contributed by atoms with van der Waals surface area (Å²) < 4.78 is 1.12. The summed E-state index contributed by atoms with van der Waals surface area (Å²) in [4.78, 5) is 13.8. The molecule has 0 unspecified atom stereocenters. The first-order valence-corrected chi connectivity index (χ1v) is 7.73. The fraction of sp³-hybridized carbons (Fsp3) is 0.533. The van der Waals surface area contributed by atoms with Gasteiger partial charge in [0.2, 0.25) is 5.91 Å². The first-order valence-electron chi connectivity index (χ1n) is 6.93. The van der Waals surface area contributed by atoms with Crippen molar-refractivity contribution in [1.29, 1.82) is 0 Å². The third-order valence-corrected chi connectivity index (χ3v) is 4.12. The van der Waals surface area contributed by atoms with E-state index in [1.165, 1.54) is 5.56 Å². The molecule has 0 spiro atoms. The molecule has 1 fully saturated rings. The molecule has 1 saturated heterocycles. The second kappa shape index (κ2) is 7.06. The lowest BCUT2D eigenvalue weighted by Gasteiger charge is -2.32. The van der Waals surface area contributed by atoms with E-state index < -0.39 is 0 Å². The van der Waals surface area contributed by atoms with E-state index in [0.717, 1.165) is 36.9 Å². The second-order valence-corrected chi connectivity index (χ2v) is 6.01. The van der Waals surface area contributed by atoms with E-state index in [0.29, 0.717) is 12.5 Å². The molecule has 19 heavy (non-hydrogen) atoms. The molecule has 0 bridgehead atoms. The van der Waals surface area contributed by atoms with Crippen molar-refractivity contribution in [3.8, 4) is 0 Å². The van der Waals surface area contributed by atoms with Crippen molar-refractivity contribution >= 4 is 21.8 Å². The molecule has 4 heteroatoms. The Morgan fingerprint density at radius 3 is 2.53 bits per heavy atom. The van der Waals surface area contributed by atoms with Crippen LogP contribution in [-0.2, 0) is 11.3 Å². The SMILES string of the molecule is CCC(=O)NC1CCN(Cc2ccc(Br)cc2)CC1. The highest BCUT2D eigenvalue weighted by Crippen LogP contribution is 2.16. The van der Waals surface area contributed by atoms with Gasteiger partial charge in [0, 0.05) is 36.6 Å². The molecule has 1 aliphatic heterocycles. The molecule has 1 aliphatic rings. The fourth-order valence-corrected chi connectivity index (χ4v) is 2.68. The Balaban J connectivity index is 1.77. The zero-order valence-electron chi connectivity index (χ0n) is 11.4. The lowest BCUT2D eigenvalue weighted by atomic mass is 10.0. The molecule has 1 aromatic carbocycles. The largest absolute Gasteiger partial charge is 0.353 e. The van der Waals surface area contributed by atoms with Crippen LogP contribution in [0.25, 0.3) is 0 Å². The van der Waals surface area contributed by atoms with E-state index in [-0.39, 0.29) is 5.91 Å². The number of hydrogen-bond acceptors (Lipinski definition) is 2. The molecule has 1 N–H and O–H groups in total. The fourth-order valence-electron chi connectivity index (χ4n) is 2.41. The summed E-state index contributed by atoms with van der Waals surface area (Å²) in [5, 5.41) is 3.09. The molecule has 0 saturated carbocycles. The van der Waals surface area contributed by atoms with Crippen LogP contribution in [-0.4, -0.2) is 29.9 Å². The normalized spacial score (nSPS) is 17.4. The van der Waals surface area contributed by atoms with Crippen LogP contribution in [0.2, 0.25) is 0 Å². The Labute approximate surface area is 123 Å².